The predicted molar refractivity (Wildman–Crippen MR) is 101 cm³/mol. The largest absolute Gasteiger partial charge is 0.433 e. The molecule has 0 saturated carbocycles. The lowest BCUT2D eigenvalue weighted by atomic mass is 10.2. The number of nitrogens with one attached hydrogen (secondary N) is 1. The molecule has 0 aliphatic heterocycles. The van der Waals surface area contributed by atoms with Gasteiger partial charge in [0, 0.05) is 6.54 Å². The van der Waals surface area contributed by atoms with E-state index in [1.54, 1.807) is 0 Å². The SMILES string of the molecule is CCN(CC)Cc1c(C(=O)N/N=C/c2ccc([N+](=O)[O-])o2)nnn1-c1nonc1N. The summed E-state index contributed by atoms with van der Waals surface area (Å²) in [6.45, 7) is 5.69. The lowest BCUT2D eigenvalue weighted by Gasteiger charge is -2.18. The summed E-state index contributed by atoms with van der Waals surface area (Å²) in [7, 11) is 0. The van der Waals surface area contributed by atoms with Gasteiger partial charge in [-0.15, -0.1) is 5.10 Å². The van der Waals surface area contributed by atoms with Gasteiger partial charge in [0.1, 0.15) is 4.92 Å². The number of furan rings is 1. The Morgan fingerprint density at radius 3 is 2.77 bits per heavy atom. The Morgan fingerprint density at radius 2 is 2.17 bits per heavy atom. The molecule has 0 spiro atoms. The van der Waals surface area contributed by atoms with Crippen LogP contribution in [0.15, 0.2) is 26.3 Å². The standard InChI is InChI=1S/C15H18N10O5/c1-3-23(4-2)8-10-12(18-22-24(10)14-13(16)20-30-21-14)15(26)19-17-7-9-5-6-11(29-9)25(27)28/h5-7H,3-4,8H2,1-2H3,(H2,16,20)(H,19,26)/b17-7+. The molecule has 3 N–H and O–H groups in total. The Balaban J connectivity index is 1.83. The highest BCUT2D eigenvalue weighted by atomic mass is 16.6. The third-order valence-electron chi connectivity index (χ3n) is 4.09. The van der Waals surface area contributed by atoms with Crippen molar-refractivity contribution in [2.45, 2.75) is 20.4 Å². The monoisotopic (exact) mass is 418 g/mol. The molecular formula is C15H18N10O5. The fourth-order valence-corrected chi connectivity index (χ4v) is 2.50. The summed E-state index contributed by atoms with van der Waals surface area (Å²) in [5, 5.41) is 29.4. The number of hydrazone groups is 1. The van der Waals surface area contributed by atoms with Gasteiger partial charge in [0.2, 0.25) is 11.6 Å². The van der Waals surface area contributed by atoms with Crippen molar-refractivity contribution >= 4 is 23.8 Å². The maximum atomic E-state index is 12.6. The number of nitrogen functional groups attached to an aromatic ring is 1. The van der Waals surface area contributed by atoms with E-state index >= 15 is 0 Å². The molecule has 0 atom stereocenters. The number of rotatable bonds is 9. The van der Waals surface area contributed by atoms with Crippen molar-refractivity contribution in [1.82, 2.24) is 35.6 Å². The summed E-state index contributed by atoms with van der Waals surface area (Å²) in [5.74, 6) is -0.905. The van der Waals surface area contributed by atoms with Crippen LogP contribution in [0.3, 0.4) is 0 Å². The highest BCUT2D eigenvalue weighted by Crippen LogP contribution is 2.18. The minimum atomic E-state index is -0.682. The molecule has 3 aromatic heterocycles. The van der Waals surface area contributed by atoms with Crippen molar-refractivity contribution in [3.63, 3.8) is 0 Å². The Kier molecular flexibility index (Phi) is 6.11. The molecule has 158 valence electrons. The van der Waals surface area contributed by atoms with Gasteiger partial charge in [-0.1, -0.05) is 19.1 Å². The molecule has 0 aliphatic carbocycles. The second-order valence-corrected chi connectivity index (χ2v) is 5.86. The number of nitrogens with two attached hydrogens (primary N) is 1. The maximum absolute atomic E-state index is 12.6. The normalized spacial score (nSPS) is 11.4. The van der Waals surface area contributed by atoms with Gasteiger partial charge < -0.3 is 10.2 Å². The molecule has 3 heterocycles. The average Bonchev–Trinajstić information content (AvgIpc) is 3.45. The van der Waals surface area contributed by atoms with E-state index in [0.717, 1.165) is 6.21 Å². The van der Waals surface area contributed by atoms with Gasteiger partial charge in [-0.3, -0.25) is 19.8 Å². The highest BCUT2D eigenvalue weighted by molar-refractivity contribution is 5.94. The zero-order chi connectivity index (χ0) is 21.7. The molecule has 0 saturated heterocycles. The number of carbonyl (C=O) groups is 1. The van der Waals surface area contributed by atoms with Gasteiger partial charge in [0.25, 0.3) is 5.91 Å². The number of carbonyl (C=O) groups excluding carboxylic acids is 1. The van der Waals surface area contributed by atoms with Gasteiger partial charge >= 0.3 is 5.88 Å². The summed E-state index contributed by atoms with van der Waals surface area (Å²) < 4.78 is 10.8. The van der Waals surface area contributed by atoms with Crippen molar-refractivity contribution in [3.05, 3.63) is 39.4 Å². The molecule has 3 aromatic rings. The Morgan fingerprint density at radius 1 is 1.40 bits per heavy atom. The van der Waals surface area contributed by atoms with Gasteiger partial charge in [0.05, 0.1) is 18.0 Å². The van der Waals surface area contributed by atoms with E-state index in [1.807, 2.05) is 18.7 Å². The van der Waals surface area contributed by atoms with E-state index in [9.17, 15) is 14.9 Å². The first kappa shape index (κ1) is 20.6. The lowest BCUT2D eigenvalue weighted by molar-refractivity contribution is -0.402. The number of hydrogen-bond acceptors (Lipinski definition) is 12. The van der Waals surface area contributed by atoms with Gasteiger partial charge in [-0.2, -0.15) is 9.78 Å². The molecule has 15 nitrogen and oxygen atoms in total. The van der Waals surface area contributed by atoms with E-state index in [1.165, 1.54) is 16.8 Å². The number of nitrogens with zero attached hydrogens (tertiary/aromatic N) is 8. The fraction of sp³-hybridized carbons (Fsp3) is 0.333. The Hall–Kier alpha value is -4.14. The van der Waals surface area contributed by atoms with Gasteiger partial charge in [-0.25, -0.2) is 10.1 Å². The molecule has 15 heteroatoms. The zero-order valence-electron chi connectivity index (χ0n) is 16.0. The van der Waals surface area contributed by atoms with E-state index < -0.39 is 16.7 Å². The number of aromatic nitrogens is 5. The van der Waals surface area contributed by atoms with Crippen LogP contribution in [0.4, 0.5) is 11.7 Å². The number of nitro groups is 1. The first-order chi connectivity index (χ1) is 14.4. The van der Waals surface area contributed by atoms with Crippen LogP contribution in [0, 0.1) is 10.1 Å². The van der Waals surface area contributed by atoms with Crippen molar-refractivity contribution in [3.8, 4) is 5.82 Å². The minimum absolute atomic E-state index is 0.00752. The van der Waals surface area contributed by atoms with Crippen LogP contribution >= 0.6 is 0 Å². The summed E-state index contributed by atoms with van der Waals surface area (Å²) in [6.07, 6.45) is 1.12. The second kappa shape index (κ2) is 8.91. The van der Waals surface area contributed by atoms with Crippen molar-refractivity contribution in [1.29, 1.82) is 0 Å². The van der Waals surface area contributed by atoms with E-state index in [4.69, 9.17) is 10.2 Å². The lowest BCUT2D eigenvalue weighted by Crippen LogP contribution is -2.27. The van der Waals surface area contributed by atoms with Crippen LogP contribution in [0.25, 0.3) is 5.82 Å². The first-order valence-electron chi connectivity index (χ1n) is 8.77. The molecule has 0 aliphatic rings. The van der Waals surface area contributed by atoms with Gasteiger partial charge in [-0.05, 0) is 29.5 Å². The Bertz CT molecular complexity index is 1060. The quantitative estimate of drug-likeness (QED) is 0.276. The third kappa shape index (κ3) is 4.30. The Labute approximate surface area is 168 Å². The molecule has 3 rings (SSSR count). The van der Waals surface area contributed by atoms with E-state index in [-0.39, 0.29) is 23.1 Å². The van der Waals surface area contributed by atoms with Crippen molar-refractivity contribution in [2.75, 3.05) is 18.8 Å². The zero-order valence-corrected chi connectivity index (χ0v) is 16.0. The van der Waals surface area contributed by atoms with E-state index in [0.29, 0.717) is 25.3 Å². The van der Waals surface area contributed by atoms with Crippen molar-refractivity contribution < 1.29 is 18.8 Å². The summed E-state index contributed by atoms with van der Waals surface area (Å²) in [5.41, 5.74) is 8.42. The predicted octanol–water partition coefficient (Wildman–Crippen LogP) is 0.339. The first-order valence-corrected chi connectivity index (χ1v) is 8.77. The summed E-state index contributed by atoms with van der Waals surface area (Å²) in [4.78, 5) is 24.6. The summed E-state index contributed by atoms with van der Waals surface area (Å²) in [6, 6.07) is 2.52. The van der Waals surface area contributed by atoms with Crippen molar-refractivity contribution in [2.24, 2.45) is 5.10 Å². The third-order valence-corrected chi connectivity index (χ3v) is 4.09. The number of amides is 1. The topological polar surface area (TPSA) is 197 Å². The van der Waals surface area contributed by atoms with Crippen LogP contribution in [-0.2, 0) is 6.54 Å². The summed E-state index contributed by atoms with van der Waals surface area (Å²) >= 11 is 0. The second-order valence-electron chi connectivity index (χ2n) is 5.86. The van der Waals surface area contributed by atoms with Crippen LogP contribution < -0.4 is 11.2 Å². The fourth-order valence-electron chi connectivity index (χ4n) is 2.50. The van der Waals surface area contributed by atoms with Crippen LogP contribution in [-0.4, -0.2) is 60.3 Å². The molecule has 0 bridgehead atoms. The smallest absolute Gasteiger partial charge is 0.400 e. The molecule has 0 aromatic carbocycles. The van der Waals surface area contributed by atoms with E-state index in [2.05, 4.69) is 35.8 Å². The highest BCUT2D eigenvalue weighted by Gasteiger charge is 2.25. The van der Waals surface area contributed by atoms with Crippen LogP contribution in [0.1, 0.15) is 35.8 Å². The number of hydrogen-bond donors (Lipinski definition) is 2. The molecule has 0 unspecified atom stereocenters. The maximum Gasteiger partial charge on any atom is 0.433 e. The molecule has 0 fully saturated rings. The minimum Gasteiger partial charge on any atom is -0.400 e. The van der Waals surface area contributed by atoms with Crippen LogP contribution in [0.2, 0.25) is 0 Å². The molecule has 1 amide bonds. The van der Waals surface area contributed by atoms with Gasteiger partial charge in [0.15, 0.2) is 11.5 Å². The number of anilines is 1. The molecular weight excluding hydrogens is 400 g/mol. The van der Waals surface area contributed by atoms with Crippen LogP contribution in [0.5, 0.6) is 0 Å². The molecule has 30 heavy (non-hydrogen) atoms. The average molecular weight is 418 g/mol. The molecule has 0 radical (unpaired) electrons.